The number of rotatable bonds is 7. The van der Waals surface area contributed by atoms with E-state index >= 15 is 0 Å². The predicted octanol–water partition coefficient (Wildman–Crippen LogP) is 7.29. The summed E-state index contributed by atoms with van der Waals surface area (Å²) in [4.78, 5) is 12.2. The number of hydrogen-bond acceptors (Lipinski definition) is 2. The molecule has 0 fully saturated rings. The summed E-state index contributed by atoms with van der Waals surface area (Å²) in [6.07, 6.45) is 1.58. The number of benzene rings is 2. The molecule has 2 aromatic rings. The highest BCUT2D eigenvalue weighted by Gasteiger charge is 2.29. The van der Waals surface area contributed by atoms with Gasteiger partial charge in [0.1, 0.15) is 12.4 Å². The average Bonchev–Trinajstić information content (AvgIpc) is 2.59. The van der Waals surface area contributed by atoms with E-state index in [0.717, 1.165) is 5.56 Å². The van der Waals surface area contributed by atoms with Crippen molar-refractivity contribution in [2.75, 3.05) is 6.61 Å². The second-order valence-electron chi connectivity index (χ2n) is 5.08. The zero-order chi connectivity index (χ0) is 18.6. The number of carbonyl (C=O) groups is 1. The molecule has 0 saturated carbocycles. The SMILES string of the molecule is C=CCOc1c(Cl)cc(Cl)cc1C(=O)C(Br)C(Br)c1ccc(Cl)cc1. The first-order valence-corrected chi connectivity index (χ1v) is 10.1. The lowest BCUT2D eigenvalue weighted by Crippen LogP contribution is -2.20. The lowest BCUT2D eigenvalue weighted by molar-refractivity contribution is 0.0987. The quantitative estimate of drug-likeness (QED) is 0.215. The summed E-state index contributed by atoms with van der Waals surface area (Å²) < 4.78 is 5.56. The number of ether oxygens (including phenoxy) is 1. The normalized spacial score (nSPS) is 13.2. The number of carbonyl (C=O) groups excluding carboxylic acids is 1. The molecule has 25 heavy (non-hydrogen) atoms. The molecule has 0 heterocycles. The maximum Gasteiger partial charge on any atom is 0.181 e. The third-order valence-electron chi connectivity index (χ3n) is 3.32. The van der Waals surface area contributed by atoms with Gasteiger partial charge in [-0.05, 0) is 29.8 Å². The van der Waals surface area contributed by atoms with E-state index in [4.69, 9.17) is 39.5 Å². The van der Waals surface area contributed by atoms with Crippen molar-refractivity contribution in [1.29, 1.82) is 0 Å². The molecule has 0 aliphatic carbocycles. The van der Waals surface area contributed by atoms with E-state index in [1.54, 1.807) is 24.3 Å². The van der Waals surface area contributed by atoms with Gasteiger partial charge in [-0.15, -0.1) is 0 Å². The van der Waals surface area contributed by atoms with E-state index in [1.165, 1.54) is 6.07 Å². The van der Waals surface area contributed by atoms with Gasteiger partial charge in [0.2, 0.25) is 0 Å². The van der Waals surface area contributed by atoms with Crippen LogP contribution in [0.5, 0.6) is 5.75 Å². The van der Waals surface area contributed by atoms with Gasteiger partial charge in [0.05, 0.1) is 20.2 Å². The Morgan fingerprint density at radius 3 is 2.36 bits per heavy atom. The van der Waals surface area contributed by atoms with Gasteiger partial charge >= 0.3 is 0 Å². The Labute approximate surface area is 178 Å². The largest absolute Gasteiger partial charge is 0.487 e. The topological polar surface area (TPSA) is 26.3 Å². The monoisotopic (exact) mass is 524 g/mol. The number of Topliss-reactive ketones (excluding diaryl/α,β-unsaturated/α-hetero) is 1. The molecule has 0 saturated heterocycles. The fourth-order valence-corrected chi connectivity index (χ4v) is 3.90. The second kappa shape index (κ2) is 9.43. The van der Waals surface area contributed by atoms with Crippen LogP contribution in [0.2, 0.25) is 15.1 Å². The van der Waals surface area contributed by atoms with Gasteiger partial charge in [0.15, 0.2) is 5.78 Å². The summed E-state index contributed by atoms with van der Waals surface area (Å²) in [5, 5.41) is 1.26. The summed E-state index contributed by atoms with van der Waals surface area (Å²) in [6.45, 7) is 3.83. The van der Waals surface area contributed by atoms with E-state index in [-0.39, 0.29) is 28.0 Å². The van der Waals surface area contributed by atoms with Gasteiger partial charge in [-0.3, -0.25) is 4.79 Å². The van der Waals surface area contributed by atoms with Gasteiger partial charge in [-0.2, -0.15) is 0 Å². The zero-order valence-electron chi connectivity index (χ0n) is 12.8. The summed E-state index contributed by atoms with van der Waals surface area (Å²) in [5.41, 5.74) is 1.21. The molecular formula is C18H13Br2Cl3O2. The molecule has 2 rings (SSSR count). The van der Waals surface area contributed by atoms with Crippen LogP contribution in [0.15, 0.2) is 49.1 Å². The average molecular weight is 527 g/mol. The van der Waals surface area contributed by atoms with E-state index in [9.17, 15) is 4.79 Å². The fourth-order valence-electron chi connectivity index (χ4n) is 2.13. The Hall–Kier alpha value is -0.520. The van der Waals surface area contributed by atoms with Crippen molar-refractivity contribution in [1.82, 2.24) is 0 Å². The van der Waals surface area contributed by atoms with Crippen molar-refractivity contribution >= 4 is 72.4 Å². The molecule has 0 bridgehead atoms. The molecule has 0 spiro atoms. The van der Waals surface area contributed by atoms with Crippen molar-refractivity contribution in [3.63, 3.8) is 0 Å². The Bertz CT molecular complexity index is 779. The summed E-state index contributed by atoms with van der Waals surface area (Å²) in [5.74, 6) is 0.0801. The molecule has 2 unspecified atom stereocenters. The highest BCUT2D eigenvalue weighted by molar-refractivity contribution is 9.12. The number of alkyl halides is 2. The van der Waals surface area contributed by atoms with Crippen LogP contribution in [0.4, 0.5) is 0 Å². The lowest BCUT2D eigenvalue weighted by atomic mass is 10.0. The molecule has 0 aliphatic rings. The fraction of sp³-hybridized carbons (Fsp3) is 0.167. The van der Waals surface area contributed by atoms with Crippen LogP contribution in [0.3, 0.4) is 0 Å². The first-order chi connectivity index (χ1) is 11.8. The molecule has 0 amide bonds. The Balaban J connectivity index is 2.35. The highest BCUT2D eigenvalue weighted by Crippen LogP contribution is 2.38. The molecule has 2 aromatic carbocycles. The van der Waals surface area contributed by atoms with Crippen molar-refractivity contribution in [3.05, 3.63) is 75.2 Å². The first-order valence-electron chi connectivity index (χ1n) is 7.15. The molecule has 0 N–H and O–H groups in total. The predicted molar refractivity (Wildman–Crippen MR) is 112 cm³/mol. The summed E-state index contributed by atoms with van der Waals surface area (Å²) in [6, 6.07) is 10.3. The molecule has 0 aliphatic heterocycles. The second-order valence-corrected chi connectivity index (χ2v) is 8.34. The molecule has 0 aromatic heterocycles. The minimum absolute atomic E-state index is 0.208. The summed E-state index contributed by atoms with van der Waals surface area (Å²) in [7, 11) is 0. The zero-order valence-corrected chi connectivity index (χ0v) is 18.3. The van der Waals surface area contributed by atoms with Gasteiger partial charge in [-0.1, -0.05) is 91.5 Å². The van der Waals surface area contributed by atoms with Crippen LogP contribution >= 0.6 is 66.7 Å². The van der Waals surface area contributed by atoms with Crippen LogP contribution in [-0.4, -0.2) is 17.2 Å². The van der Waals surface area contributed by atoms with Crippen molar-refractivity contribution in [2.24, 2.45) is 0 Å². The Morgan fingerprint density at radius 2 is 1.76 bits per heavy atom. The van der Waals surface area contributed by atoms with Crippen molar-refractivity contribution in [3.8, 4) is 5.75 Å². The standard InChI is InChI=1S/C18H13Br2Cl3O2/c1-2-7-25-18-13(8-12(22)9-14(18)23)17(24)16(20)15(19)10-3-5-11(21)6-4-10/h2-6,8-9,15-16H,1,7H2. The van der Waals surface area contributed by atoms with Gasteiger partial charge < -0.3 is 4.74 Å². The van der Waals surface area contributed by atoms with E-state index < -0.39 is 4.83 Å². The van der Waals surface area contributed by atoms with Gasteiger partial charge in [0.25, 0.3) is 0 Å². The Morgan fingerprint density at radius 1 is 1.12 bits per heavy atom. The molecule has 7 heteroatoms. The maximum atomic E-state index is 13.0. The number of ketones is 1. The van der Waals surface area contributed by atoms with Crippen molar-refractivity contribution in [2.45, 2.75) is 9.65 Å². The van der Waals surface area contributed by atoms with E-state index in [0.29, 0.717) is 15.6 Å². The third-order valence-corrected chi connectivity index (χ3v) is 6.78. The Kier molecular flexibility index (Phi) is 7.84. The van der Waals surface area contributed by atoms with Crippen LogP contribution in [0.1, 0.15) is 20.7 Å². The van der Waals surface area contributed by atoms with E-state index in [2.05, 4.69) is 38.4 Å². The van der Waals surface area contributed by atoms with Gasteiger partial charge in [-0.25, -0.2) is 0 Å². The van der Waals surface area contributed by atoms with Crippen LogP contribution in [0, 0.1) is 0 Å². The smallest absolute Gasteiger partial charge is 0.181 e. The van der Waals surface area contributed by atoms with E-state index in [1.807, 2.05) is 12.1 Å². The summed E-state index contributed by atoms with van der Waals surface area (Å²) >= 11 is 25.2. The first kappa shape index (κ1) is 20.8. The molecule has 0 radical (unpaired) electrons. The number of hydrogen-bond donors (Lipinski definition) is 0. The molecule has 2 atom stereocenters. The van der Waals surface area contributed by atoms with Crippen LogP contribution in [0.25, 0.3) is 0 Å². The minimum atomic E-state index is -0.561. The molecule has 132 valence electrons. The molecule has 2 nitrogen and oxygen atoms in total. The van der Waals surface area contributed by atoms with Crippen molar-refractivity contribution < 1.29 is 9.53 Å². The minimum Gasteiger partial charge on any atom is -0.487 e. The van der Waals surface area contributed by atoms with Gasteiger partial charge in [0, 0.05) is 10.0 Å². The van der Waals surface area contributed by atoms with Crippen LogP contribution in [-0.2, 0) is 0 Å². The van der Waals surface area contributed by atoms with Crippen LogP contribution < -0.4 is 4.74 Å². The third kappa shape index (κ3) is 5.24. The number of halogens is 5. The highest BCUT2D eigenvalue weighted by atomic mass is 79.9. The maximum absolute atomic E-state index is 13.0. The molecular weight excluding hydrogens is 514 g/mol. The lowest BCUT2D eigenvalue weighted by Gasteiger charge is -2.19.